The lowest BCUT2D eigenvalue weighted by Gasteiger charge is -2.42. The van der Waals surface area contributed by atoms with Crippen LogP contribution in [0, 0.1) is 0 Å². The van der Waals surface area contributed by atoms with E-state index in [0.29, 0.717) is 38.2 Å². The van der Waals surface area contributed by atoms with E-state index in [1.807, 2.05) is 24.5 Å². The lowest BCUT2D eigenvalue weighted by atomic mass is 10.0. The van der Waals surface area contributed by atoms with E-state index in [1.54, 1.807) is 14.2 Å². The number of ketones is 1. The van der Waals surface area contributed by atoms with Gasteiger partial charge < -0.3 is 50.5 Å². The van der Waals surface area contributed by atoms with Gasteiger partial charge in [-0.2, -0.15) is 19.9 Å². The van der Waals surface area contributed by atoms with Gasteiger partial charge >= 0.3 is 0 Å². The van der Waals surface area contributed by atoms with E-state index in [1.165, 1.54) is 0 Å². The molecule has 6 heterocycles. The first-order chi connectivity index (χ1) is 29.4. The zero-order valence-electron chi connectivity index (χ0n) is 34.9. The molecule has 17 nitrogen and oxygen atoms in total. The minimum absolute atomic E-state index is 0.142. The number of carbonyl (C=O) groups is 1. The van der Waals surface area contributed by atoms with Crippen molar-refractivity contribution in [2.75, 3.05) is 124 Å². The Balaban J connectivity index is 0.787. The number of H-pyrrole nitrogens is 2. The highest BCUT2D eigenvalue weighted by Crippen LogP contribution is 2.27. The van der Waals surface area contributed by atoms with Crippen LogP contribution >= 0.6 is 0 Å². The standard InChI is InChI=1S/C43H56N14O3/c1-29(54-19-23-56(24-20-54)33-9-5-31(6-10-33)48-42-50-38-35(13-15-44-38)40(52-42)46-17-27-59-3)37(58)30(2)55-21-25-57(26-22-55)34-11-7-32(8-12-34)49-43-51-39-36(14-16-45-39)41(53-43)47-18-28-60-4/h5-16,29-30H,17-28H2,1-4H3,(H3,44,46,48,50,52)(H3,45,47,49,51,53). The Morgan fingerprint density at radius 3 is 1.38 bits per heavy atom. The maximum absolute atomic E-state index is 13.8. The van der Waals surface area contributed by atoms with Crippen molar-refractivity contribution in [3.63, 3.8) is 0 Å². The van der Waals surface area contributed by atoms with Gasteiger partial charge in [0.1, 0.15) is 22.9 Å². The Labute approximate surface area is 350 Å². The highest BCUT2D eigenvalue weighted by Gasteiger charge is 2.32. The fourth-order valence-electron chi connectivity index (χ4n) is 8.02. The van der Waals surface area contributed by atoms with Crippen molar-refractivity contribution in [2.24, 2.45) is 0 Å². The number of rotatable bonds is 18. The number of anilines is 8. The first-order valence-electron chi connectivity index (χ1n) is 20.8. The zero-order chi connectivity index (χ0) is 41.4. The molecule has 2 saturated heterocycles. The van der Waals surface area contributed by atoms with Gasteiger partial charge in [0.2, 0.25) is 11.9 Å². The zero-order valence-corrected chi connectivity index (χ0v) is 34.9. The Morgan fingerprint density at radius 1 is 0.600 bits per heavy atom. The second kappa shape index (κ2) is 18.9. The number of hydrogen-bond acceptors (Lipinski definition) is 15. The van der Waals surface area contributed by atoms with Gasteiger partial charge in [-0.1, -0.05) is 0 Å². The summed E-state index contributed by atoms with van der Waals surface area (Å²) in [5.74, 6) is 2.83. The molecular formula is C43H56N14O3. The number of benzene rings is 2. The first kappa shape index (κ1) is 40.8. The second-order valence-corrected chi connectivity index (χ2v) is 15.3. The molecule has 0 saturated carbocycles. The summed E-state index contributed by atoms with van der Waals surface area (Å²) < 4.78 is 10.4. The molecule has 2 atom stereocenters. The van der Waals surface area contributed by atoms with Crippen LogP contribution in [0.4, 0.5) is 46.3 Å². The van der Waals surface area contributed by atoms with Crippen LogP contribution in [0.1, 0.15) is 13.8 Å². The monoisotopic (exact) mass is 816 g/mol. The molecule has 2 fully saturated rings. The Kier molecular flexibility index (Phi) is 12.9. The predicted molar refractivity (Wildman–Crippen MR) is 239 cm³/mol. The summed E-state index contributed by atoms with van der Waals surface area (Å²) in [4.78, 5) is 48.4. The van der Waals surface area contributed by atoms with Crippen molar-refractivity contribution in [3.05, 3.63) is 73.1 Å². The maximum atomic E-state index is 13.8. The number of aromatic nitrogens is 6. The molecule has 6 aromatic rings. The predicted octanol–water partition coefficient (Wildman–Crippen LogP) is 5.12. The maximum Gasteiger partial charge on any atom is 0.231 e. The molecule has 17 heteroatoms. The van der Waals surface area contributed by atoms with E-state index in [-0.39, 0.29) is 17.9 Å². The molecule has 0 bridgehead atoms. The fourth-order valence-corrected chi connectivity index (χ4v) is 8.02. The van der Waals surface area contributed by atoms with E-state index < -0.39 is 0 Å². The van der Waals surface area contributed by atoms with E-state index in [2.05, 4.69) is 123 Å². The summed E-state index contributed by atoms with van der Waals surface area (Å²) in [6.45, 7) is 13.4. The Hall–Kier alpha value is -6.01. The minimum Gasteiger partial charge on any atom is -0.383 e. The van der Waals surface area contributed by atoms with E-state index >= 15 is 0 Å². The highest BCUT2D eigenvalue weighted by molar-refractivity contribution is 5.90. The smallest absolute Gasteiger partial charge is 0.231 e. The van der Waals surface area contributed by atoms with Gasteiger partial charge in [0, 0.05) is 115 Å². The van der Waals surface area contributed by atoms with Crippen LogP contribution in [0.3, 0.4) is 0 Å². The molecule has 2 unspecified atom stereocenters. The lowest BCUT2D eigenvalue weighted by Crippen LogP contribution is -2.57. The number of fused-ring (bicyclic) bond motifs is 2. The van der Waals surface area contributed by atoms with Crippen molar-refractivity contribution in [1.29, 1.82) is 0 Å². The van der Waals surface area contributed by atoms with Gasteiger partial charge in [0.15, 0.2) is 5.78 Å². The van der Waals surface area contributed by atoms with Gasteiger partial charge in [-0.25, -0.2) is 0 Å². The van der Waals surface area contributed by atoms with E-state index in [0.717, 1.165) is 109 Å². The number of hydrogen-bond donors (Lipinski definition) is 6. The molecule has 6 N–H and O–H groups in total. The number of nitrogens with zero attached hydrogens (tertiary/aromatic N) is 8. The quantitative estimate of drug-likeness (QED) is 0.0629. The summed E-state index contributed by atoms with van der Waals surface area (Å²) >= 11 is 0. The van der Waals surface area contributed by atoms with Gasteiger partial charge in [0.05, 0.1) is 36.1 Å². The molecule has 0 spiro atoms. The molecular weight excluding hydrogens is 761 g/mol. The third kappa shape index (κ3) is 9.39. The van der Waals surface area contributed by atoms with Crippen molar-refractivity contribution < 1.29 is 14.3 Å². The molecule has 4 aromatic heterocycles. The number of carbonyl (C=O) groups excluding carboxylic acids is 1. The Morgan fingerprint density at radius 2 is 1.00 bits per heavy atom. The lowest BCUT2D eigenvalue weighted by molar-refractivity contribution is -0.128. The van der Waals surface area contributed by atoms with Crippen molar-refractivity contribution in [1.82, 2.24) is 39.7 Å². The number of ether oxygens (including phenoxy) is 2. The summed E-state index contributed by atoms with van der Waals surface area (Å²) in [6, 6.07) is 20.4. The second-order valence-electron chi connectivity index (χ2n) is 15.3. The molecule has 2 aliphatic heterocycles. The number of piperazine rings is 2. The third-order valence-electron chi connectivity index (χ3n) is 11.6. The van der Waals surface area contributed by atoms with Crippen molar-refractivity contribution in [2.45, 2.75) is 25.9 Å². The SMILES string of the molecule is COCCNc1nc(Nc2ccc(N3CCN(C(C)C(=O)C(C)N4CCN(c5ccc(Nc6nc(NCCOC)c7cc[nH]c7n6)cc5)CC4)CC3)cc2)nc2[nH]ccc12. The van der Waals surface area contributed by atoms with Crippen LogP contribution in [0.2, 0.25) is 0 Å². The summed E-state index contributed by atoms with van der Waals surface area (Å²) in [5, 5.41) is 15.2. The fraction of sp³-hybridized carbons (Fsp3) is 0.419. The van der Waals surface area contributed by atoms with Crippen molar-refractivity contribution >= 4 is 74.1 Å². The molecule has 0 amide bonds. The van der Waals surface area contributed by atoms with Gasteiger partial charge in [-0.3, -0.25) is 14.6 Å². The number of aromatic amines is 2. The molecule has 2 aromatic carbocycles. The number of methoxy groups -OCH3 is 2. The average Bonchev–Trinajstić information content (AvgIpc) is 3.97. The van der Waals surface area contributed by atoms with Crippen LogP contribution in [0.25, 0.3) is 22.1 Å². The number of nitrogens with one attached hydrogen (secondary N) is 6. The molecule has 60 heavy (non-hydrogen) atoms. The molecule has 2 aliphatic rings. The highest BCUT2D eigenvalue weighted by atomic mass is 16.5. The first-order valence-corrected chi connectivity index (χ1v) is 20.8. The summed E-state index contributed by atoms with van der Waals surface area (Å²) in [7, 11) is 3.36. The van der Waals surface area contributed by atoms with E-state index in [9.17, 15) is 4.79 Å². The summed E-state index contributed by atoms with van der Waals surface area (Å²) in [5.41, 5.74) is 5.65. The Bertz CT molecular complexity index is 2150. The molecule has 0 aliphatic carbocycles. The van der Waals surface area contributed by atoms with Crippen LogP contribution in [-0.4, -0.2) is 150 Å². The van der Waals surface area contributed by atoms with Crippen LogP contribution in [0.15, 0.2) is 73.1 Å². The minimum atomic E-state index is -0.142. The number of Topliss-reactive ketones (excluding diaryl/α,β-unsaturated/α-hetero) is 1. The molecule has 316 valence electrons. The largest absolute Gasteiger partial charge is 0.383 e. The summed E-state index contributed by atoms with van der Waals surface area (Å²) in [6.07, 6.45) is 3.73. The molecule has 8 rings (SSSR count). The van der Waals surface area contributed by atoms with Gasteiger partial charge in [-0.05, 0) is 74.5 Å². The van der Waals surface area contributed by atoms with Crippen molar-refractivity contribution in [3.8, 4) is 0 Å². The van der Waals surface area contributed by atoms with Gasteiger partial charge in [0.25, 0.3) is 0 Å². The van der Waals surface area contributed by atoms with Crippen LogP contribution < -0.4 is 31.1 Å². The third-order valence-corrected chi connectivity index (χ3v) is 11.6. The van der Waals surface area contributed by atoms with Crippen LogP contribution in [0.5, 0.6) is 0 Å². The topological polar surface area (TPSA) is 180 Å². The average molecular weight is 817 g/mol. The van der Waals surface area contributed by atoms with E-state index in [4.69, 9.17) is 19.4 Å². The molecule has 0 radical (unpaired) electrons. The van der Waals surface area contributed by atoms with Gasteiger partial charge in [-0.15, -0.1) is 0 Å². The van der Waals surface area contributed by atoms with Crippen LogP contribution in [-0.2, 0) is 14.3 Å². The normalized spacial score (nSPS) is 16.3.